The molecule has 0 aliphatic heterocycles. The maximum atomic E-state index is 12.2. The van der Waals surface area contributed by atoms with E-state index in [4.69, 9.17) is 9.47 Å². The van der Waals surface area contributed by atoms with E-state index in [1.165, 1.54) is 19.2 Å². The minimum absolute atomic E-state index is 0.0986. The van der Waals surface area contributed by atoms with E-state index in [9.17, 15) is 9.90 Å². The number of aromatic hydroxyl groups is 1. The molecule has 5 heteroatoms. The van der Waals surface area contributed by atoms with Gasteiger partial charge in [-0.2, -0.15) is 0 Å². The van der Waals surface area contributed by atoms with E-state index in [0.717, 1.165) is 11.3 Å². The van der Waals surface area contributed by atoms with Gasteiger partial charge in [0.05, 0.1) is 19.8 Å². The van der Waals surface area contributed by atoms with Gasteiger partial charge in [0.1, 0.15) is 17.2 Å². The fraction of sp³-hybridized carbons (Fsp3) is 0.188. The Balaban J connectivity index is 2.23. The molecule has 2 N–H and O–H groups in total. The molecule has 0 aliphatic rings. The molecule has 0 heterocycles. The second-order valence-corrected chi connectivity index (χ2v) is 4.52. The van der Waals surface area contributed by atoms with Crippen molar-refractivity contribution >= 4 is 11.6 Å². The summed E-state index contributed by atoms with van der Waals surface area (Å²) < 4.78 is 10.2. The van der Waals surface area contributed by atoms with Gasteiger partial charge in [0.2, 0.25) is 0 Å². The van der Waals surface area contributed by atoms with Gasteiger partial charge in [-0.1, -0.05) is 0 Å². The van der Waals surface area contributed by atoms with Gasteiger partial charge in [-0.05, 0) is 48.9 Å². The first-order chi connectivity index (χ1) is 10.0. The summed E-state index contributed by atoms with van der Waals surface area (Å²) in [6.45, 7) is 1.89. The van der Waals surface area contributed by atoms with E-state index in [1.807, 2.05) is 6.92 Å². The second kappa shape index (κ2) is 6.17. The summed E-state index contributed by atoms with van der Waals surface area (Å²) in [5.41, 5.74) is 1.69. The van der Waals surface area contributed by atoms with Crippen LogP contribution in [0.15, 0.2) is 36.4 Å². The highest BCUT2D eigenvalue weighted by atomic mass is 16.5. The Kier molecular flexibility index (Phi) is 4.33. The van der Waals surface area contributed by atoms with Crippen LogP contribution in [-0.2, 0) is 0 Å². The number of hydrogen-bond donors (Lipinski definition) is 2. The summed E-state index contributed by atoms with van der Waals surface area (Å²) in [5.74, 6) is 0.746. The lowest BCUT2D eigenvalue weighted by molar-refractivity contribution is 0.102. The van der Waals surface area contributed by atoms with E-state index in [-0.39, 0.29) is 11.3 Å². The van der Waals surface area contributed by atoms with Crippen molar-refractivity contribution in [1.29, 1.82) is 0 Å². The molecule has 2 aromatic carbocycles. The minimum atomic E-state index is -0.407. The molecular weight excluding hydrogens is 270 g/mol. The zero-order chi connectivity index (χ0) is 15.4. The van der Waals surface area contributed by atoms with Crippen LogP contribution in [0.2, 0.25) is 0 Å². The molecule has 0 fully saturated rings. The van der Waals surface area contributed by atoms with Gasteiger partial charge >= 0.3 is 0 Å². The molecule has 2 rings (SSSR count). The molecule has 110 valence electrons. The SMILES string of the molecule is COc1ccc(O)c(C(=O)Nc2ccc(OC)c(C)c2)c1. The average molecular weight is 287 g/mol. The van der Waals surface area contributed by atoms with Crippen LogP contribution in [0.1, 0.15) is 15.9 Å². The smallest absolute Gasteiger partial charge is 0.259 e. The van der Waals surface area contributed by atoms with E-state index >= 15 is 0 Å². The largest absolute Gasteiger partial charge is 0.507 e. The Labute approximate surface area is 123 Å². The molecule has 0 aromatic heterocycles. The monoisotopic (exact) mass is 287 g/mol. The van der Waals surface area contributed by atoms with Gasteiger partial charge in [-0.25, -0.2) is 0 Å². The topological polar surface area (TPSA) is 67.8 Å². The highest BCUT2D eigenvalue weighted by molar-refractivity contribution is 6.06. The summed E-state index contributed by atoms with van der Waals surface area (Å²) in [4.78, 5) is 12.2. The van der Waals surface area contributed by atoms with Crippen LogP contribution in [0, 0.1) is 6.92 Å². The molecule has 0 spiro atoms. The zero-order valence-corrected chi connectivity index (χ0v) is 12.1. The van der Waals surface area contributed by atoms with E-state index < -0.39 is 5.91 Å². The van der Waals surface area contributed by atoms with Crippen molar-refractivity contribution in [1.82, 2.24) is 0 Å². The number of rotatable bonds is 4. The van der Waals surface area contributed by atoms with Gasteiger partial charge < -0.3 is 19.9 Å². The van der Waals surface area contributed by atoms with Crippen LogP contribution < -0.4 is 14.8 Å². The lowest BCUT2D eigenvalue weighted by atomic mass is 10.1. The van der Waals surface area contributed by atoms with E-state index in [0.29, 0.717) is 11.4 Å². The predicted octanol–water partition coefficient (Wildman–Crippen LogP) is 2.97. The first-order valence-corrected chi connectivity index (χ1v) is 6.38. The Morgan fingerprint density at radius 1 is 1.10 bits per heavy atom. The number of amides is 1. The van der Waals surface area contributed by atoms with Crippen molar-refractivity contribution in [2.75, 3.05) is 19.5 Å². The van der Waals surface area contributed by atoms with Crippen LogP contribution in [-0.4, -0.2) is 25.2 Å². The Hall–Kier alpha value is -2.69. The molecule has 0 saturated carbocycles. The fourth-order valence-electron chi connectivity index (χ4n) is 1.98. The summed E-state index contributed by atoms with van der Waals surface area (Å²) in [6.07, 6.45) is 0. The minimum Gasteiger partial charge on any atom is -0.507 e. The summed E-state index contributed by atoms with van der Waals surface area (Å²) >= 11 is 0. The molecule has 21 heavy (non-hydrogen) atoms. The number of ether oxygens (including phenoxy) is 2. The number of benzene rings is 2. The third kappa shape index (κ3) is 3.25. The van der Waals surface area contributed by atoms with Crippen LogP contribution in [0.5, 0.6) is 17.2 Å². The Morgan fingerprint density at radius 2 is 1.86 bits per heavy atom. The molecule has 5 nitrogen and oxygen atoms in total. The maximum Gasteiger partial charge on any atom is 0.259 e. The number of carbonyl (C=O) groups is 1. The number of phenolic OH excluding ortho intramolecular Hbond substituents is 1. The third-order valence-electron chi connectivity index (χ3n) is 3.10. The predicted molar refractivity (Wildman–Crippen MR) is 80.3 cm³/mol. The summed E-state index contributed by atoms with van der Waals surface area (Å²) in [6, 6.07) is 9.81. The number of hydrogen-bond acceptors (Lipinski definition) is 4. The number of nitrogens with one attached hydrogen (secondary N) is 1. The highest BCUT2D eigenvalue weighted by Crippen LogP contribution is 2.25. The van der Waals surface area contributed by atoms with Gasteiger partial charge in [-0.15, -0.1) is 0 Å². The number of anilines is 1. The molecule has 1 amide bonds. The van der Waals surface area contributed by atoms with E-state index in [2.05, 4.69) is 5.32 Å². The number of phenols is 1. The Bertz CT molecular complexity index is 667. The second-order valence-electron chi connectivity index (χ2n) is 4.52. The molecular formula is C16H17NO4. The third-order valence-corrected chi connectivity index (χ3v) is 3.10. The fourth-order valence-corrected chi connectivity index (χ4v) is 1.98. The van der Waals surface area contributed by atoms with Crippen molar-refractivity contribution in [3.63, 3.8) is 0 Å². The first-order valence-electron chi connectivity index (χ1n) is 6.38. The van der Waals surface area contributed by atoms with Crippen molar-refractivity contribution in [3.8, 4) is 17.2 Å². The van der Waals surface area contributed by atoms with Crippen molar-refractivity contribution in [3.05, 3.63) is 47.5 Å². The lowest BCUT2D eigenvalue weighted by Gasteiger charge is -2.10. The van der Waals surface area contributed by atoms with Gasteiger partial charge in [-0.3, -0.25) is 4.79 Å². The Morgan fingerprint density at radius 3 is 2.48 bits per heavy atom. The van der Waals surface area contributed by atoms with Crippen LogP contribution in [0.3, 0.4) is 0 Å². The van der Waals surface area contributed by atoms with Gasteiger partial charge in [0.15, 0.2) is 0 Å². The van der Waals surface area contributed by atoms with Crippen LogP contribution >= 0.6 is 0 Å². The molecule has 2 aromatic rings. The molecule has 0 bridgehead atoms. The molecule has 0 atom stereocenters. The normalized spacial score (nSPS) is 10.0. The average Bonchev–Trinajstić information content (AvgIpc) is 2.48. The van der Waals surface area contributed by atoms with Crippen molar-refractivity contribution in [2.45, 2.75) is 6.92 Å². The van der Waals surface area contributed by atoms with Crippen LogP contribution in [0.25, 0.3) is 0 Å². The molecule has 0 unspecified atom stereocenters. The number of aryl methyl sites for hydroxylation is 1. The lowest BCUT2D eigenvalue weighted by Crippen LogP contribution is -2.12. The summed E-state index contributed by atoms with van der Waals surface area (Å²) in [7, 11) is 3.09. The zero-order valence-electron chi connectivity index (χ0n) is 12.1. The van der Waals surface area contributed by atoms with Gasteiger partial charge in [0, 0.05) is 5.69 Å². The number of carbonyl (C=O) groups excluding carboxylic acids is 1. The summed E-state index contributed by atoms with van der Waals surface area (Å²) in [5, 5.41) is 12.5. The van der Waals surface area contributed by atoms with Crippen LogP contribution in [0.4, 0.5) is 5.69 Å². The maximum absolute atomic E-state index is 12.2. The number of methoxy groups -OCH3 is 2. The van der Waals surface area contributed by atoms with Crippen molar-refractivity contribution < 1.29 is 19.4 Å². The molecule has 0 aliphatic carbocycles. The highest BCUT2D eigenvalue weighted by Gasteiger charge is 2.13. The quantitative estimate of drug-likeness (QED) is 0.907. The molecule has 0 saturated heterocycles. The van der Waals surface area contributed by atoms with Crippen molar-refractivity contribution in [2.24, 2.45) is 0 Å². The van der Waals surface area contributed by atoms with Gasteiger partial charge in [0.25, 0.3) is 5.91 Å². The molecule has 0 radical (unpaired) electrons. The standard InChI is InChI=1S/C16H17NO4/c1-10-8-11(4-7-15(10)21-3)17-16(19)13-9-12(20-2)5-6-14(13)18/h4-9,18H,1-3H3,(H,17,19). The first kappa shape index (κ1) is 14.7. The van der Waals surface area contributed by atoms with E-state index in [1.54, 1.807) is 31.4 Å².